The van der Waals surface area contributed by atoms with Crippen molar-refractivity contribution in [2.45, 2.75) is 95.3 Å². The third kappa shape index (κ3) is 7.11. The molecule has 2 aliphatic rings. The van der Waals surface area contributed by atoms with Crippen LogP contribution in [-0.2, 0) is 6.42 Å². The fourth-order valence-electron chi connectivity index (χ4n) is 5.05. The average Bonchev–Trinajstić information content (AvgIpc) is 3.46. The first kappa shape index (κ1) is 24.4. The Balaban J connectivity index is 1.46. The van der Waals surface area contributed by atoms with Crippen LogP contribution in [0.25, 0.3) is 0 Å². The summed E-state index contributed by atoms with van der Waals surface area (Å²) in [5.74, 6) is 2.08. The zero-order valence-electron chi connectivity index (χ0n) is 19.9. The minimum Gasteiger partial charge on any atom is -0.357 e. The van der Waals surface area contributed by atoms with Gasteiger partial charge in [-0.1, -0.05) is 37.9 Å². The van der Waals surface area contributed by atoms with Gasteiger partial charge in [-0.25, -0.2) is 0 Å². The first-order valence-corrected chi connectivity index (χ1v) is 13.7. The Hall–Kier alpha value is -1.28. The Morgan fingerprint density at radius 1 is 1.10 bits per heavy atom. The summed E-state index contributed by atoms with van der Waals surface area (Å²) in [6.45, 7) is 9.44. The Morgan fingerprint density at radius 3 is 2.65 bits per heavy atom. The van der Waals surface area contributed by atoms with Gasteiger partial charge in [-0.2, -0.15) is 0 Å². The van der Waals surface area contributed by atoms with Crippen molar-refractivity contribution in [1.82, 2.24) is 30.3 Å². The normalized spacial score (nSPS) is 21.0. The molecular weight excluding hydrogens is 406 g/mol. The van der Waals surface area contributed by atoms with Crippen LogP contribution in [0.3, 0.4) is 0 Å². The van der Waals surface area contributed by atoms with E-state index in [1.165, 1.54) is 57.9 Å². The van der Waals surface area contributed by atoms with Crippen molar-refractivity contribution in [3.05, 3.63) is 5.82 Å². The fraction of sp³-hybridized carbons (Fsp3) is 0.870. The second-order valence-electron chi connectivity index (χ2n) is 8.80. The lowest BCUT2D eigenvalue weighted by Crippen LogP contribution is -2.46. The van der Waals surface area contributed by atoms with Gasteiger partial charge in [0.25, 0.3) is 0 Å². The molecule has 1 saturated carbocycles. The number of aryl methyl sites for hydroxylation is 1. The van der Waals surface area contributed by atoms with Gasteiger partial charge >= 0.3 is 0 Å². The van der Waals surface area contributed by atoms with E-state index >= 15 is 0 Å². The lowest BCUT2D eigenvalue weighted by atomic mass is 10.0. The molecule has 2 N–H and O–H groups in total. The van der Waals surface area contributed by atoms with Gasteiger partial charge in [0.2, 0.25) is 0 Å². The predicted octanol–water partition coefficient (Wildman–Crippen LogP) is 3.87. The van der Waals surface area contributed by atoms with Crippen molar-refractivity contribution in [1.29, 1.82) is 0 Å². The highest BCUT2D eigenvalue weighted by atomic mass is 32.2. The molecule has 2 fully saturated rings. The molecule has 0 bridgehead atoms. The Kier molecular flexibility index (Phi) is 10.5. The fourth-order valence-corrected chi connectivity index (χ4v) is 5.62. The van der Waals surface area contributed by atoms with E-state index < -0.39 is 0 Å². The zero-order valence-corrected chi connectivity index (χ0v) is 20.7. The van der Waals surface area contributed by atoms with E-state index in [-0.39, 0.29) is 0 Å². The van der Waals surface area contributed by atoms with Gasteiger partial charge in [0, 0.05) is 44.7 Å². The summed E-state index contributed by atoms with van der Waals surface area (Å²) < 4.78 is 2.41. The van der Waals surface area contributed by atoms with Crippen LogP contribution < -0.4 is 10.6 Å². The van der Waals surface area contributed by atoms with E-state index in [1.54, 1.807) is 11.8 Å². The lowest BCUT2D eigenvalue weighted by molar-refractivity contribution is 0.147. The second kappa shape index (κ2) is 13.3. The van der Waals surface area contributed by atoms with Crippen LogP contribution in [0.4, 0.5) is 0 Å². The van der Waals surface area contributed by atoms with E-state index in [4.69, 9.17) is 4.99 Å². The van der Waals surface area contributed by atoms with Crippen molar-refractivity contribution in [3.63, 3.8) is 0 Å². The summed E-state index contributed by atoms with van der Waals surface area (Å²) in [6, 6.07) is 1.36. The molecule has 7 nitrogen and oxygen atoms in total. The number of hydrogen-bond acceptors (Lipinski definition) is 5. The Labute approximate surface area is 193 Å². The number of piperidine rings is 1. The first-order valence-electron chi connectivity index (χ1n) is 12.5. The molecule has 1 atom stereocenters. The van der Waals surface area contributed by atoms with Crippen molar-refractivity contribution in [3.8, 4) is 0 Å². The molecule has 2 heterocycles. The summed E-state index contributed by atoms with van der Waals surface area (Å²) in [5.41, 5.74) is 0. The van der Waals surface area contributed by atoms with Crippen LogP contribution in [0.15, 0.2) is 10.1 Å². The molecule has 1 aromatic rings. The third-order valence-electron chi connectivity index (χ3n) is 6.69. The summed E-state index contributed by atoms with van der Waals surface area (Å²) >= 11 is 1.71. The van der Waals surface area contributed by atoms with Crippen LogP contribution >= 0.6 is 11.8 Å². The topological polar surface area (TPSA) is 70.4 Å². The SMILES string of the molecule is CCNC(=NCCCc1nnc(SC)n1C1CCCC1)NCCN1CCCCC1CC. The minimum absolute atomic E-state index is 0.594. The molecule has 1 aliphatic carbocycles. The molecule has 1 aromatic heterocycles. The summed E-state index contributed by atoms with van der Waals surface area (Å²) in [6.07, 6.45) is 14.6. The van der Waals surface area contributed by atoms with Crippen LogP contribution in [-0.4, -0.2) is 70.6 Å². The number of rotatable bonds is 11. The second-order valence-corrected chi connectivity index (χ2v) is 9.57. The number of aromatic nitrogens is 3. The number of guanidine groups is 1. The summed E-state index contributed by atoms with van der Waals surface area (Å²) in [4.78, 5) is 7.47. The van der Waals surface area contributed by atoms with Crippen LogP contribution in [0.5, 0.6) is 0 Å². The largest absolute Gasteiger partial charge is 0.357 e. The quantitative estimate of drug-likeness (QED) is 0.231. The molecule has 0 radical (unpaired) electrons. The highest BCUT2D eigenvalue weighted by Crippen LogP contribution is 2.33. The van der Waals surface area contributed by atoms with Gasteiger partial charge < -0.3 is 15.2 Å². The number of nitrogens with zero attached hydrogens (tertiary/aromatic N) is 5. The van der Waals surface area contributed by atoms with Gasteiger partial charge in [0.15, 0.2) is 11.1 Å². The van der Waals surface area contributed by atoms with E-state index in [0.717, 1.165) is 62.0 Å². The van der Waals surface area contributed by atoms with Gasteiger partial charge in [0.1, 0.15) is 5.82 Å². The molecular formula is C23H43N7S. The van der Waals surface area contributed by atoms with Gasteiger partial charge in [0.05, 0.1) is 0 Å². The monoisotopic (exact) mass is 449 g/mol. The standard InChI is InChI=1S/C23H43N7S/c1-4-19-11-8-9-17-29(19)18-16-26-22(24-5-2)25-15-10-14-21-27-28-23(31-3)30(21)20-12-6-7-13-20/h19-20H,4-18H2,1-3H3,(H2,24,25,26). The molecule has 1 aliphatic heterocycles. The zero-order chi connectivity index (χ0) is 21.9. The number of hydrogen-bond donors (Lipinski definition) is 2. The highest BCUT2D eigenvalue weighted by molar-refractivity contribution is 7.98. The van der Waals surface area contributed by atoms with Gasteiger partial charge in [-0.3, -0.25) is 9.89 Å². The molecule has 176 valence electrons. The number of likely N-dealkylation sites (tertiary alicyclic amines) is 1. The maximum absolute atomic E-state index is 4.82. The van der Waals surface area contributed by atoms with Gasteiger partial charge in [-0.15, -0.1) is 10.2 Å². The van der Waals surface area contributed by atoms with Crippen LogP contribution in [0.2, 0.25) is 0 Å². The molecule has 0 aromatic carbocycles. The van der Waals surface area contributed by atoms with Crippen molar-refractivity contribution in [2.75, 3.05) is 39.0 Å². The maximum Gasteiger partial charge on any atom is 0.191 e. The number of aliphatic imine (C=N–C) groups is 1. The minimum atomic E-state index is 0.594. The van der Waals surface area contributed by atoms with Crippen LogP contribution in [0.1, 0.15) is 83.5 Å². The van der Waals surface area contributed by atoms with E-state index in [9.17, 15) is 0 Å². The Morgan fingerprint density at radius 2 is 1.90 bits per heavy atom. The number of nitrogens with one attached hydrogen (secondary N) is 2. The van der Waals surface area contributed by atoms with Crippen LogP contribution in [0, 0.1) is 0 Å². The Bertz CT molecular complexity index is 669. The highest BCUT2D eigenvalue weighted by Gasteiger charge is 2.23. The summed E-state index contributed by atoms with van der Waals surface area (Å²) in [7, 11) is 0. The molecule has 1 saturated heterocycles. The smallest absolute Gasteiger partial charge is 0.191 e. The molecule has 31 heavy (non-hydrogen) atoms. The molecule has 0 spiro atoms. The third-order valence-corrected chi connectivity index (χ3v) is 7.34. The molecule has 3 rings (SSSR count). The van der Waals surface area contributed by atoms with E-state index in [1.807, 2.05) is 0 Å². The molecule has 1 unspecified atom stereocenters. The molecule has 8 heteroatoms. The lowest BCUT2D eigenvalue weighted by Gasteiger charge is -2.35. The first-order chi connectivity index (χ1) is 15.3. The predicted molar refractivity (Wildman–Crippen MR) is 131 cm³/mol. The van der Waals surface area contributed by atoms with E-state index in [0.29, 0.717) is 6.04 Å². The number of thioether (sulfide) groups is 1. The van der Waals surface area contributed by atoms with Gasteiger partial charge in [-0.05, 0) is 58.2 Å². The van der Waals surface area contributed by atoms with Crippen molar-refractivity contribution in [2.24, 2.45) is 4.99 Å². The average molecular weight is 450 g/mol. The van der Waals surface area contributed by atoms with Crippen molar-refractivity contribution >= 4 is 17.7 Å². The van der Waals surface area contributed by atoms with E-state index in [2.05, 4.69) is 50.4 Å². The van der Waals surface area contributed by atoms with Crippen molar-refractivity contribution < 1.29 is 0 Å². The summed E-state index contributed by atoms with van der Waals surface area (Å²) in [5, 5.41) is 17.0. The maximum atomic E-state index is 4.82. The molecule has 0 amide bonds.